The molecule has 0 aromatic carbocycles. The fraction of sp³-hybridized carbons (Fsp3) is 0.600. The zero-order chi connectivity index (χ0) is 7.65. The summed E-state index contributed by atoms with van der Waals surface area (Å²) < 4.78 is 24.3. The van der Waals surface area contributed by atoms with Crippen molar-refractivity contribution in [3.8, 4) is 0 Å². The fourth-order valence-corrected chi connectivity index (χ4v) is 0.680. The van der Waals surface area contributed by atoms with Crippen LogP contribution in [0.5, 0.6) is 0 Å². The molecule has 0 spiro atoms. The van der Waals surface area contributed by atoms with Crippen LogP contribution in [-0.2, 0) is 0 Å². The molecule has 0 amide bonds. The Morgan fingerprint density at radius 3 is 1.67 bits per heavy atom. The lowest BCUT2D eigenvalue weighted by Crippen LogP contribution is -2.04. The standard InChI is InChI=1S/C5H6Br2F2/c1-3(2)4(6)5(7,8)9/h1-2H3. The highest BCUT2D eigenvalue weighted by Crippen LogP contribution is 2.36. The van der Waals surface area contributed by atoms with Gasteiger partial charge in [0.05, 0.1) is 4.48 Å². The zero-order valence-corrected chi connectivity index (χ0v) is 8.18. The minimum atomic E-state index is -2.91. The van der Waals surface area contributed by atoms with Crippen molar-refractivity contribution in [3.63, 3.8) is 0 Å². The summed E-state index contributed by atoms with van der Waals surface area (Å²) in [6.07, 6.45) is 0. The van der Waals surface area contributed by atoms with Crippen molar-refractivity contribution in [1.29, 1.82) is 0 Å². The molecule has 0 nitrogen and oxygen atoms in total. The van der Waals surface area contributed by atoms with Gasteiger partial charge in [-0.2, -0.15) is 8.78 Å². The number of allylic oxidation sites excluding steroid dienone is 2. The van der Waals surface area contributed by atoms with Gasteiger partial charge in [0.25, 0.3) is 0 Å². The largest absolute Gasteiger partial charge is 0.332 e. The van der Waals surface area contributed by atoms with Gasteiger partial charge in [0.2, 0.25) is 0 Å². The summed E-state index contributed by atoms with van der Waals surface area (Å²) in [5.74, 6) is 0. The van der Waals surface area contributed by atoms with Crippen LogP contribution in [0, 0.1) is 0 Å². The topological polar surface area (TPSA) is 0 Å². The molecule has 0 aliphatic carbocycles. The van der Waals surface area contributed by atoms with Crippen LogP contribution in [0.1, 0.15) is 13.8 Å². The van der Waals surface area contributed by atoms with E-state index in [9.17, 15) is 8.78 Å². The maximum absolute atomic E-state index is 12.2. The molecule has 0 radical (unpaired) electrons. The molecule has 0 heterocycles. The number of hydrogen-bond donors (Lipinski definition) is 0. The first-order valence-corrected chi connectivity index (χ1v) is 3.84. The van der Waals surface area contributed by atoms with Crippen molar-refractivity contribution in [2.45, 2.75) is 18.7 Å². The van der Waals surface area contributed by atoms with Crippen LogP contribution < -0.4 is 0 Å². The highest BCUT2D eigenvalue weighted by Gasteiger charge is 2.28. The maximum Gasteiger partial charge on any atom is 0.332 e. The molecule has 0 fully saturated rings. The molecule has 0 rings (SSSR count). The lowest BCUT2D eigenvalue weighted by molar-refractivity contribution is 0.167. The molecule has 0 aliphatic rings. The van der Waals surface area contributed by atoms with Gasteiger partial charge in [0, 0.05) is 0 Å². The van der Waals surface area contributed by atoms with Crippen molar-refractivity contribution in [2.75, 3.05) is 0 Å². The summed E-state index contributed by atoms with van der Waals surface area (Å²) in [5, 5.41) is 0. The van der Waals surface area contributed by atoms with E-state index in [1.807, 2.05) is 0 Å². The van der Waals surface area contributed by atoms with Crippen molar-refractivity contribution in [3.05, 3.63) is 10.1 Å². The molecule has 0 atom stereocenters. The molecule has 0 aromatic rings. The highest BCUT2D eigenvalue weighted by atomic mass is 79.9. The van der Waals surface area contributed by atoms with E-state index >= 15 is 0 Å². The molecule has 0 saturated heterocycles. The quantitative estimate of drug-likeness (QED) is 0.634. The number of hydrogen-bond acceptors (Lipinski definition) is 0. The number of halogens is 4. The van der Waals surface area contributed by atoms with E-state index in [4.69, 9.17) is 0 Å². The number of alkyl halides is 3. The highest BCUT2D eigenvalue weighted by molar-refractivity contribution is 9.14. The molecule has 0 bridgehead atoms. The van der Waals surface area contributed by atoms with Gasteiger partial charge in [-0.1, -0.05) is 5.57 Å². The van der Waals surface area contributed by atoms with E-state index in [1.54, 1.807) is 13.8 Å². The molecule has 0 aliphatic heterocycles. The van der Waals surface area contributed by atoms with Crippen molar-refractivity contribution < 1.29 is 8.78 Å². The van der Waals surface area contributed by atoms with E-state index in [-0.39, 0.29) is 4.48 Å². The van der Waals surface area contributed by atoms with Crippen LogP contribution in [0.3, 0.4) is 0 Å². The van der Waals surface area contributed by atoms with Gasteiger partial charge in [-0.05, 0) is 45.7 Å². The molecule has 0 aromatic heterocycles. The van der Waals surface area contributed by atoms with E-state index < -0.39 is 4.83 Å². The van der Waals surface area contributed by atoms with Crippen LogP contribution in [0.25, 0.3) is 0 Å². The normalized spacial score (nSPS) is 11.3. The monoisotopic (exact) mass is 262 g/mol. The van der Waals surface area contributed by atoms with Crippen molar-refractivity contribution in [2.24, 2.45) is 0 Å². The Morgan fingerprint density at radius 1 is 1.33 bits per heavy atom. The number of rotatable bonds is 1. The molecule has 4 heteroatoms. The van der Waals surface area contributed by atoms with E-state index in [0.717, 1.165) is 0 Å². The Hall–Kier alpha value is 0.560. The summed E-state index contributed by atoms with van der Waals surface area (Å²) in [7, 11) is 0. The third-order valence-corrected chi connectivity index (χ3v) is 2.91. The first kappa shape index (κ1) is 9.56. The molecule has 54 valence electrons. The fourth-order valence-electron chi connectivity index (χ4n) is 0.283. The maximum atomic E-state index is 12.2. The van der Waals surface area contributed by atoms with Crippen LogP contribution in [0.4, 0.5) is 8.78 Å². The molecular weight excluding hydrogens is 258 g/mol. The minimum absolute atomic E-state index is 0.102. The summed E-state index contributed by atoms with van der Waals surface area (Å²) in [6, 6.07) is 0. The SMILES string of the molecule is CC(C)=C(Br)C(F)(F)Br. The van der Waals surface area contributed by atoms with E-state index in [2.05, 4.69) is 31.9 Å². The Balaban J connectivity index is 4.40. The molecule has 0 saturated carbocycles. The van der Waals surface area contributed by atoms with Crippen LogP contribution in [0.2, 0.25) is 0 Å². The summed E-state index contributed by atoms with van der Waals surface area (Å²) in [4.78, 5) is -2.91. The van der Waals surface area contributed by atoms with Crippen LogP contribution >= 0.6 is 31.9 Å². The first-order valence-electron chi connectivity index (χ1n) is 2.26. The molecule has 0 N–H and O–H groups in total. The molecular formula is C5H6Br2F2. The second kappa shape index (κ2) is 3.10. The Bertz CT molecular complexity index is 130. The Morgan fingerprint density at radius 2 is 1.67 bits per heavy atom. The second-order valence-electron chi connectivity index (χ2n) is 1.81. The van der Waals surface area contributed by atoms with Gasteiger partial charge >= 0.3 is 4.83 Å². The van der Waals surface area contributed by atoms with Crippen molar-refractivity contribution >= 4 is 31.9 Å². The predicted octanol–water partition coefficient (Wildman–Crippen LogP) is 3.66. The van der Waals surface area contributed by atoms with Gasteiger partial charge in [0.15, 0.2) is 0 Å². The van der Waals surface area contributed by atoms with Crippen molar-refractivity contribution in [1.82, 2.24) is 0 Å². The third-order valence-electron chi connectivity index (χ3n) is 0.688. The Labute approximate surface area is 69.6 Å². The lowest BCUT2D eigenvalue weighted by atomic mass is 10.3. The summed E-state index contributed by atoms with van der Waals surface area (Å²) >= 11 is 4.95. The van der Waals surface area contributed by atoms with Gasteiger partial charge in [-0.15, -0.1) is 0 Å². The van der Waals surface area contributed by atoms with Crippen LogP contribution in [-0.4, -0.2) is 4.83 Å². The summed E-state index contributed by atoms with van der Waals surface area (Å²) in [5.41, 5.74) is 0.567. The lowest BCUT2D eigenvalue weighted by Gasteiger charge is -2.07. The third kappa shape index (κ3) is 3.30. The zero-order valence-electron chi connectivity index (χ0n) is 5.01. The van der Waals surface area contributed by atoms with E-state index in [0.29, 0.717) is 5.57 Å². The predicted molar refractivity (Wildman–Crippen MR) is 41.2 cm³/mol. The average Bonchev–Trinajstić information content (AvgIpc) is 1.62. The average molecular weight is 264 g/mol. The minimum Gasteiger partial charge on any atom is -0.188 e. The van der Waals surface area contributed by atoms with Gasteiger partial charge in [-0.3, -0.25) is 0 Å². The van der Waals surface area contributed by atoms with Crippen LogP contribution in [0.15, 0.2) is 10.1 Å². The smallest absolute Gasteiger partial charge is 0.188 e. The van der Waals surface area contributed by atoms with Gasteiger partial charge in [-0.25, -0.2) is 0 Å². The van der Waals surface area contributed by atoms with E-state index in [1.165, 1.54) is 0 Å². The second-order valence-corrected chi connectivity index (χ2v) is 3.60. The molecule has 9 heavy (non-hydrogen) atoms. The molecule has 0 unspecified atom stereocenters. The summed E-state index contributed by atoms with van der Waals surface area (Å²) in [6.45, 7) is 3.22. The van der Waals surface area contributed by atoms with Gasteiger partial charge < -0.3 is 0 Å². The first-order chi connectivity index (χ1) is 3.85. The van der Waals surface area contributed by atoms with Gasteiger partial charge in [0.1, 0.15) is 0 Å². The Kier molecular flexibility index (Phi) is 3.29.